The normalized spacial score (nSPS) is 15.6. The Morgan fingerprint density at radius 2 is 1.33 bits per heavy atom. The van der Waals surface area contributed by atoms with Gasteiger partial charge in [0.15, 0.2) is 11.6 Å². The average Bonchev–Trinajstić information content (AvgIpc) is 3.27. The van der Waals surface area contributed by atoms with Crippen molar-refractivity contribution in [2.45, 2.75) is 57.2 Å². The van der Waals surface area contributed by atoms with E-state index in [1.54, 1.807) is 24.5 Å². The van der Waals surface area contributed by atoms with Gasteiger partial charge in [0.25, 0.3) is 11.8 Å². The Morgan fingerprint density at radius 3 is 1.97 bits per heavy atom. The number of nitrogens with two attached hydrogens (primary N) is 1. The minimum Gasteiger partial charge on any atom is -0.398 e. The van der Waals surface area contributed by atoms with Crippen LogP contribution in [0.15, 0.2) is 91.3 Å². The van der Waals surface area contributed by atoms with E-state index in [1.807, 2.05) is 60.7 Å². The number of hydrogen-bond donors (Lipinski definition) is 4. The van der Waals surface area contributed by atoms with Crippen LogP contribution in [-0.4, -0.2) is 98.6 Å². The fourth-order valence-electron chi connectivity index (χ4n) is 8.04. The number of nitrogen functional groups attached to an aromatic ring is 1. The molecule has 13 nitrogen and oxygen atoms in total. The molecule has 0 radical (unpaired) electrons. The number of aromatic nitrogens is 4. The van der Waals surface area contributed by atoms with E-state index in [1.165, 1.54) is 0 Å². The number of alkyl halides is 1. The molecule has 2 aliphatic heterocycles. The maximum Gasteiger partial charge on any atom is 0.270 e. The predicted octanol–water partition coefficient (Wildman–Crippen LogP) is 6.67. The highest BCUT2D eigenvalue weighted by atomic mass is 35.5. The molecule has 14 heteroatoms. The molecule has 6 aromatic rings. The summed E-state index contributed by atoms with van der Waals surface area (Å²) in [5, 5.41) is 13.2. The molecule has 3 amide bonds. The molecule has 0 saturated carbocycles. The van der Waals surface area contributed by atoms with Crippen LogP contribution in [0.5, 0.6) is 0 Å². The smallest absolute Gasteiger partial charge is 0.270 e. The fraction of sp³-hybridized carbons (Fsp3) is 0.326. The molecule has 0 unspecified atom stereocenters. The van der Waals surface area contributed by atoms with E-state index < -0.39 is 0 Å². The van der Waals surface area contributed by atoms with Gasteiger partial charge in [-0.05, 0) is 111 Å². The van der Waals surface area contributed by atoms with Gasteiger partial charge in [-0.25, -0.2) is 19.9 Å². The summed E-state index contributed by atoms with van der Waals surface area (Å²) >= 11 is 5.92. The lowest BCUT2D eigenvalue weighted by atomic mass is 10.00. The predicted molar refractivity (Wildman–Crippen MR) is 237 cm³/mol. The molecule has 2 aromatic heterocycles. The highest BCUT2D eigenvalue weighted by molar-refractivity contribution is 6.18. The molecule has 5 N–H and O–H groups in total. The standard InChI is InChI=1S/C46H49ClN10O3/c1-56-20-13-34(14-21-56)51-45(59)39-12-19-50-44(55-39)33-10-8-31-24-29(25-41(37(31)27-33)53-42(58)6-3-17-47)28-57-22-15-35(16-23-57)52-46(60)40-11-18-49-43(54-40)32-9-7-30-4-2-5-38(48)36(30)26-32/h2,4-5,7-12,18-19,24-27,34-35H,3,6,13-17,20-23,28,48H2,1H3,(H,51,59)(H,52,60)(H,53,58). The number of nitrogens with one attached hydrogen (secondary N) is 3. The molecule has 4 aromatic carbocycles. The van der Waals surface area contributed by atoms with Gasteiger partial charge in [0, 0.05) is 89.7 Å². The summed E-state index contributed by atoms with van der Waals surface area (Å²) in [6, 6.07) is 25.2. The number of piperidine rings is 2. The van der Waals surface area contributed by atoms with Crippen LogP contribution in [0.25, 0.3) is 44.3 Å². The highest BCUT2D eigenvalue weighted by Gasteiger charge is 2.24. The van der Waals surface area contributed by atoms with E-state index in [-0.39, 0.29) is 29.8 Å². The molecular formula is C46H49ClN10O3. The maximum atomic E-state index is 13.4. The first kappa shape index (κ1) is 40.7. The Bertz CT molecular complexity index is 2530. The van der Waals surface area contributed by atoms with Crippen molar-refractivity contribution in [3.63, 3.8) is 0 Å². The zero-order valence-electron chi connectivity index (χ0n) is 33.7. The molecule has 308 valence electrons. The van der Waals surface area contributed by atoms with Gasteiger partial charge in [0.2, 0.25) is 5.91 Å². The van der Waals surface area contributed by atoms with Crippen LogP contribution in [0, 0.1) is 0 Å². The van der Waals surface area contributed by atoms with Crippen molar-refractivity contribution in [1.29, 1.82) is 0 Å². The minimum atomic E-state index is -0.228. The number of nitrogens with zero attached hydrogens (tertiary/aromatic N) is 6. The van der Waals surface area contributed by atoms with Crippen molar-refractivity contribution in [3.8, 4) is 22.8 Å². The number of rotatable bonds is 12. The minimum absolute atomic E-state index is 0.000474. The first-order chi connectivity index (χ1) is 29.2. The van der Waals surface area contributed by atoms with Gasteiger partial charge in [-0.1, -0.05) is 36.4 Å². The van der Waals surface area contributed by atoms with Crippen molar-refractivity contribution in [2.24, 2.45) is 0 Å². The van der Waals surface area contributed by atoms with E-state index in [0.29, 0.717) is 59.7 Å². The summed E-state index contributed by atoms with van der Waals surface area (Å²) in [6.07, 6.45) is 7.46. The van der Waals surface area contributed by atoms with E-state index in [4.69, 9.17) is 17.3 Å². The SMILES string of the molecule is CN1CCC(NC(=O)c2ccnc(-c3ccc4cc(CN5CCC(NC(=O)c6ccnc(-c7ccc8cccc(N)c8c7)n6)CC5)cc(NC(=O)CCCCl)c4c3)n2)CC1. The number of hydrogen-bond acceptors (Lipinski definition) is 10. The molecule has 2 aliphatic rings. The number of fused-ring (bicyclic) bond motifs is 2. The van der Waals surface area contributed by atoms with Gasteiger partial charge in [0.1, 0.15) is 11.4 Å². The number of carbonyl (C=O) groups excluding carboxylic acids is 3. The Labute approximate surface area is 354 Å². The summed E-state index contributed by atoms with van der Waals surface area (Å²) in [5.41, 5.74) is 10.8. The molecule has 2 fully saturated rings. The van der Waals surface area contributed by atoms with Crippen LogP contribution in [-0.2, 0) is 11.3 Å². The van der Waals surface area contributed by atoms with Gasteiger partial charge in [-0.15, -0.1) is 11.6 Å². The third-order valence-electron chi connectivity index (χ3n) is 11.4. The Balaban J connectivity index is 0.932. The summed E-state index contributed by atoms with van der Waals surface area (Å²) in [7, 11) is 2.09. The van der Waals surface area contributed by atoms with Crippen LogP contribution in [0.2, 0.25) is 0 Å². The van der Waals surface area contributed by atoms with E-state index in [0.717, 1.165) is 90.1 Å². The fourth-order valence-corrected chi connectivity index (χ4v) is 8.18. The Kier molecular flexibility index (Phi) is 12.6. The van der Waals surface area contributed by atoms with Crippen molar-refractivity contribution in [3.05, 3.63) is 108 Å². The Morgan fingerprint density at radius 1 is 0.733 bits per heavy atom. The molecule has 2 saturated heterocycles. The maximum absolute atomic E-state index is 13.4. The van der Waals surface area contributed by atoms with Gasteiger partial charge in [-0.3, -0.25) is 19.3 Å². The Hall–Kier alpha value is -6.02. The highest BCUT2D eigenvalue weighted by Crippen LogP contribution is 2.31. The van der Waals surface area contributed by atoms with Crippen LogP contribution >= 0.6 is 11.6 Å². The summed E-state index contributed by atoms with van der Waals surface area (Å²) in [5.74, 6) is 0.749. The lowest BCUT2D eigenvalue weighted by Gasteiger charge is -2.32. The van der Waals surface area contributed by atoms with E-state index in [2.05, 4.69) is 58.8 Å². The van der Waals surface area contributed by atoms with E-state index in [9.17, 15) is 14.4 Å². The van der Waals surface area contributed by atoms with Crippen molar-refractivity contribution < 1.29 is 14.4 Å². The van der Waals surface area contributed by atoms with Crippen molar-refractivity contribution in [2.75, 3.05) is 50.2 Å². The summed E-state index contributed by atoms with van der Waals surface area (Å²) < 4.78 is 0. The third-order valence-corrected chi connectivity index (χ3v) is 11.7. The monoisotopic (exact) mass is 824 g/mol. The van der Waals surface area contributed by atoms with Gasteiger partial charge in [-0.2, -0.15) is 0 Å². The largest absolute Gasteiger partial charge is 0.398 e. The number of anilines is 2. The number of carbonyl (C=O) groups is 3. The molecular weight excluding hydrogens is 776 g/mol. The van der Waals surface area contributed by atoms with Gasteiger partial charge in [0.05, 0.1) is 0 Å². The third kappa shape index (κ3) is 9.71. The number of amides is 3. The van der Waals surface area contributed by atoms with Crippen LogP contribution < -0.4 is 21.7 Å². The molecule has 0 atom stereocenters. The number of likely N-dealkylation sites (tertiary alicyclic amines) is 2. The lowest BCUT2D eigenvalue weighted by Crippen LogP contribution is -2.44. The van der Waals surface area contributed by atoms with E-state index >= 15 is 0 Å². The van der Waals surface area contributed by atoms with Gasteiger partial charge < -0.3 is 26.6 Å². The second-order valence-electron chi connectivity index (χ2n) is 15.8. The molecule has 0 bridgehead atoms. The molecule has 4 heterocycles. The van der Waals surface area contributed by atoms with Crippen LogP contribution in [0.4, 0.5) is 11.4 Å². The molecule has 0 spiro atoms. The summed E-state index contributed by atoms with van der Waals surface area (Å²) in [6.45, 7) is 4.13. The zero-order chi connectivity index (χ0) is 41.6. The topological polar surface area (TPSA) is 171 Å². The summed E-state index contributed by atoms with van der Waals surface area (Å²) in [4.78, 5) is 62.4. The van der Waals surface area contributed by atoms with Crippen molar-refractivity contribution in [1.82, 2.24) is 40.4 Å². The second-order valence-corrected chi connectivity index (χ2v) is 16.2. The van der Waals surface area contributed by atoms with Gasteiger partial charge >= 0.3 is 0 Å². The molecule has 60 heavy (non-hydrogen) atoms. The van der Waals surface area contributed by atoms with Crippen LogP contribution in [0.1, 0.15) is 65.1 Å². The molecule has 0 aliphatic carbocycles. The average molecular weight is 825 g/mol. The first-order valence-corrected chi connectivity index (χ1v) is 21.1. The molecule has 8 rings (SSSR count). The number of halogens is 1. The number of benzene rings is 4. The lowest BCUT2D eigenvalue weighted by molar-refractivity contribution is -0.116. The zero-order valence-corrected chi connectivity index (χ0v) is 34.4. The van der Waals surface area contributed by atoms with Crippen molar-refractivity contribution >= 4 is 62.2 Å². The first-order valence-electron chi connectivity index (χ1n) is 20.6. The second kappa shape index (κ2) is 18.5. The van der Waals surface area contributed by atoms with Crippen LogP contribution in [0.3, 0.4) is 0 Å². The quantitative estimate of drug-likeness (QED) is 0.0773.